The van der Waals surface area contributed by atoms with Crippen molar-refractivity contribution in [2.75, 3.05) is 45.8 Å². The average Bonchev–Trinajstić information content (AvgIpc) is 3.16. The molecule has 6 nitrogen and oxygen atoms in total. The summed E-state index contributed by atoms with van der Waals surface area (Å²) in [5, 5.41) is 0. The Morgan fingerprint density at radius 3 is 2.00 bits per heavy atom. The van der Waals surface area contributed by atoms with Crippen LogP contribution in [0.25, 0.3) is 0 Å². The van der Waals surface area contributed by atoms with Crippen LogP contribution in [0.3, 0.4) is 0 Å². The van der Waals surface area contributed by atoms with Crippen LogP contribution in [0.4, 0.5) is 13.2 Å². The van der Waals surface area contributed by atoms with E-state index < -0.39 is 22.7 Å². The molecule has 10 heteroatoms. The van der Waals surface area contributed by atoms with E-state index in [0.29, 0.717) is 18.7 Å². The van der Waals surface area contributed by atoms with Crippen molar-refractivity contribution >= 4 is 15.9 Å². The number of rotatable bonds is 4. The number of hydrogen-bond acceptors (Lipinski definition) is 4. The third-order valence-corrected chi connectivity index (χ3v) is 6.78. The summed E-state index contributed by atoms with van der Waals surface area (Å²) in [6, 6.07) is 5.77. The molecule has 150 valence electrons. The molecule has 0 atom stereocenters. The van der Waals surface area contributed by atoms with Gasteiger partial charge in [0.05, 0.1) is 11.4 Å². The minimum atomic E-state index is -4.25. The Labute approximate surface area is 156 Å². The zero-order chi connectivity index (χ0) is 19.7. The predicted molar refractivity (Wildman–Crippen MR) is 92.8 cm³/mol. The number of sulfonamides is 1. The molecular formula is C17H22F3N3O3S. The van der Waals surface area contributed by atoms with Crippen LogP contribution in [0, 0.1) is 0 Å². The summed E-state index contributed by atoms with van der Waals surface area (Å²) < 4.78 is 63.7. The average molecular weight is 405 g/mol. The van der Waals surface area contributed by atoms with Crippen LogP contribution in [0.15, 0.2) is 29.2 Å². The van der Waals surface area contributed by atoms with E-state index in [-0.39, 0.29) is 37.0 Å². The second-order valence-electron chi connectivity index (χ2n) is 6.82. The third kappa shape index (κ3) is 4.80. The van der Waals surface area contributed by atoms with Gasteiger partial charge in [0.2, 0.25) is 10.0 Å². The van der Waals surface area contributed by atoms with Gasteiger partial charge in [-0.05, 0) is 37.1 Å². The van der Waals surface area contributed by atoms with Crippen molar-refractivity contribution < 1.29 is 26.4 Å². The topological polar surface area (TPSA) is 60.9 Å². The van der Waals surface area contributed by atoms with E-state index in [4.69, 9.17) is 0 Å². The first-order valence-corrected chi connectivity index (χ1v) is 10.3. The smallest absolute Gasteiger partial charge is 0.336 e. The number of amides is 1. The first kappa shape index (κ1) is 20.1. The molecule has 2 heterocycles. The molecular weight excluding hydrogens is 383 g/mol. The first-order valence-electron chi connectivity index (χ1n) is 8.85. The number of hydrogen-bond donors (Lipinski definition) is 0. The van der Waals surface area contributed by atoms with E-state index in [2.05, 4.69) is 0 Å². The number of benzene rings is 1. The summed E-state index contributed by atoms with van der Waals surface area (Å²) in [7, 11) is -3.54. The minimum Gasteiger partial charge on any atom is -0.336 e. The SMILES string of the molecule is O=C(c1ccc(S(=O)(=O)N2CCCC2)cc1)N1CCN(CC(F)(F)F)CC1. The molecule has 1 aromatic rings. The van der Waals surface area contributed by atoms with Crippen molar-refractivity contribution in [3.63, 3.8) is 0 Å². The summed E-state index contributed by atoms with van der Waals surface area (Å²) in [6.45, 7) is 0.777. The second kappa shape index (κ2) is 7.76. The zero-order valence-electron chi connectivity index (χ0n) is 14.8. The largest absolute Gasteiger partial charge is 0.401 e. The van der Waals surface area contributed by atoms with Gasteiger partial charge in [0.15, 0.2) is 0 Å². The van der Waals surface area contributed by atoms with Crippen LogP contribution in [-0.4, -0.2) is 80.4 Å². The number of halogens is 3. The molecule has 1 aromatic carbocycles. The van der Waals surface area contributed by atoms with Crippen molar-refractivity contribution in [1.29, 1.82) is 0 Å². The van der Waals surface area contributed by atoms with Gasteiger partial charge in [0, 0.05) is 44.8 Å². The fourth-order valence-corrected chi connectivity index (χ4v) is 4.91. The lowest BCUT2D eigenvalue weighted by Gasteiger charge is -2.35. The summed E-state index contributed by atoms with van der Waals surface area (Å²) in [5.41, 5.74) is 0.333. The number of piperazine rings is 1. The van der Waals surface area contributed by atoms with Crippen LogP contribution in [0.2, 0.25) is 0 Å². The molecule has 0 N–H and O–H groups in total. The number of nitrogens with zero attached hydrogens (tertiary/aromatic N) is 3. The Bertz CT molecular complexity index is 767. The summed E-state index contributed by atoms with van der Waals surface area (Å²) in [6.07, 6.45) is -2.56. The second-order valence-corrected chi connectivity index (χ2v) is 8.76. The molecule has 2 aliphatic rings. The highest BCUT2D eigenvalue weighted by Crippen LogP contribution is 2.22. The Hall–Kier alpha value is -1.65. The van der Waals surface area contributed by atoms with E-state index in [9.17, 15) is 26.4 Å². The van der Waals surface area contributed by atoms with Gasteiger partial charge in [0.1, 0.15) is 0 Å². The van der Waals surface area contributed by atoms with Gasteiger partial charge in [-0.15, -0.1) is 0 Å². The highest BCUT2D eigenvalue weighted by atomic mass is 32.2. The van der Waals surface area contributed by atoms with Crippen LogP contribution in [0.5, 0.6) is 0 Å². The summed E-state index contributed by atoms with van der Waals surface area (Å²) >= 11 is 0. The number of carbonyl (C=O) groups is 1. The first-order chi connectivity index (χ1) is 12.7. The highest BCUT2D eigenvalue weighted by Gasteiger charge is 2.33. The van der Waals surface area contributed by atoms with Crippen molar-refractivity contribution in [2.45, 2.75) is 23.9 Å². The zero-order valence-corrected chi connectivity index (χ0v) is 15.6. The Kier molecular flexibility index (Phi) is 5.78. The van der Waals surface area contributed by atoms with E-state index in [1.165, 1.54) is 38.4 Å². The molecule has 27 heavy (non-hydrogen) atoms. The lowest BCUT2D eigenvalue weighted by Crippen LogP contribution is -2.50. The molecule has 0 bridgehead atoms. The van der Waals surface area contributed by atoms with Gasteiger partial charge >= 0.3 is 6.18 Å². The van der Waals surface area contributed by atoms with E-state index in [1.807, 2.05) is 0 Å². The van der Waals surface area contributed by atoms with Crippen molar-refractivity contribution in [3.05, 3.63) is 29.8 Å². The molecule has 2 aliphatic heterocycles. The van der Waals surface area contributed by atoms with Gasteiger partial charge in [0.25, 0.3) is 5.91 Å². The molecule has 1 amide bonds. The molecule has 0 saturated carbocycles. The normalized spacial score (nSPS) is 20.2. The third-order valence-electron chi connectivity index (χ3n) is 4.87. The lowest BCUT2D eigenvalue weighted by molar-refractivity contribution is -0.148. The van der Waals surface area contributed by atoms with Crippen molar-refractivity contribution in [3.8, 4) is 0 Å². The summed E-state index contributed by atoms with van der Waals surface area (Å²) in [4.78, 5) is 15.5. The van der Waals surface area contributed by atoms with Crippen LogP contribution >= 0.6 is 0 Å². The van der Waals surface area contributed by atoms with Crippen molar-refractivity contribution in [1.82, 2.24) is 14.1 Å². The Morgan fingerprint density at radius 1 is 0.926 bits per heavy atom. The maximum Gasteiger partial charge on any atom is 0.401 e. The molecule has 2 saturated heterocycles. The molecule has 2 fully saturated rings. The van der Waals surface area contributed by atoms with Crippen molar-refractivity contribution in [2.24, 2.45) is 0 Å². The molecule has 0 aromatic heterocycles. The van der Waals surface area contributed by atoms with Gasteiger partial charge in [-0.25, -0.2) is 8.42 Å². The standard InChI is InChI=1S/C17H22F3N3O3S/c18-17(19,20)13-21-9-11-22(12-10-21)16(24)14-3-5-15(6-4-14)27(25,26)23-7-1-2-8-23/h3-6H,1-2,7-13H2. The van der Waals surface area contributed by atoms with Gasteiger partial charge in [-0.1, -0.05) is 0 Å². The van der Waals surface area contributed by atoms with E-state index >= 15 is 0 Å². The van der Waals surface area contributed by atoms with Crippen LogP contribution in [-0.2, 0) is 10.0 Å². The molecule has 0 radical (unpaired) electrons. The molecule has 0 spiro atoms. The molecule has 3 rings (SSSR count). The predicted octanol–water partition coefficient (Wildman–Crippen LogP) is 1.79. The molecule has 0 aliphatic carbocycles. The summed E-state index contributed by atoms with van der Waals surface area (Å²) in [5.74, 6) is -0.299. The fraction of sp³-hybridized carbons (Fsp3) is 0.588. The Balaban J connectivity index is 1.61. The quantitative estimate of drug-likeness (QED) is 0.767. The van der Waals surface area contributed by atoms with Crippen LogP contribution < -0.4 is 0 Å². The number of alkyl halides is 3. The molecule has 0 unspecified atom stereocenters. The van der Waals surface area contributed by atoms with Gasteiger partial charge in [-0.3, -0.25) is 9.69 Å². The monoisotopic (exact) mass is 405 g/mol. The fourth-order valence-electron chi connectivity index (χ4n) is 3.39. The maximum absolute atomic E-state index is 12.5. The van der Waals surface area contributed by atoms with E-state index in [0.717, 1.165) is 12.8 Å². The number of carbonyl (C=O) groups excluding carboxylic acids is 1. The van der Waals surface area contributed by atoms with Crippen LogP contribution in [0.1, 0.15) is 23.2 Å². The highest BCUT2D eigenvalue weighted by molar-refractivity contribution is 7.89. The minimum absolute atomic E-state index is 0.149. The van der Waals surface area contributed by atoms with Gasteiger partial charge < -0.3 is 4.90 Å². The van der Waals surface area contributed by atoms with E-state index in [1.54, 1.807) is 0 Å². The Morgan fingerprint density at radius 2 is 1.48 bits per heavy atom. The maximum atomic E-state index is 12.5. The van der Waals surface area contributed by atoms with Gasteiger partial charge in [-0.2, -0.15) is 17.5 Å². The lowest BCUT2D eigenvalue weighted by atomic mass is 10.2.